The molecule has 9 nitrogen and oxygen atoms in total. The number of hydrogen-bond acceptors (Lipinski definition) is 7. The lowest BCUT2D eigenvalue weighted by Crippen LogP contribution is -2.27. The highest BCUT2D eigenvalue weighted by Gasteiger charge is 2.25. The Balaban J connectivity index is 1.62. The number of aliphatic hydroxyl groups excluding tert-OH is 1. The number of nitrogens with zero attached hydrogens (tertiary/aromatic N) is 4. The van der Waals surface area contributed by atoms with Gasteiger partial charge in [-0.05, 0) is 44.0 Å². The van der Waals surface area contributed by atoms with Crippen LogP contribution in [0.25, 0.3) is 0 Å². The fourth-order valence-corrected chi connectivity index (χ4v) is 3.12. The van der Waals surface area contributed by atoms with Crippen molar-refractivity contribution in [3.8, 4) is 0 Å². The maximum Gasteiger partial charge on any atom is 0.328 e. The topological polar surface area (TPSA) is 115 Å². The molecule has 0 spiro atoms. The van der Waals surface area contributed by atoms with Crippen molar-refractivity contribution in [1.29, 1.82) is 0 Å². The van der Waals surface area contributed by atoms with Gasteiger partial charge in [0.15, 0.2) is 6.10 Å². The molecule has 2 aromatic rings. The van der Waals surface area contributed by atoms with Gasteiger partial charge < -0.3 is 14.7 Å². The molecular weight excluding hydrogens is 364 g/mol. The van der Waals surface area contributed by atoms with Crippen molar-refractivity contribution in [3.05, 3.63) is 41.2 Å². The summed E-state index contributed by atoms with van der Waals surface area (Å²) in [5.74, 6) is -0.987. The van der Waals surface area contributed by atoms with Gasteiger partial charge >= 0.3 is 5.97 Å². The predicted molar refractivity (Wildman–Crippen MR) is 98.7 cm³/mol. The minimum Gasteiger partial charge on any atom is -0.453 e. The lowest BCUT2D eigenvalue weighted by molar-refractivity contribution is -0.147. The lowest BCUT2D eigenvalue weighted by atomic mass is 10.0. The number of benzene rings is 1. The molecular formula is C19H22N4O5. The van der Waals surface area contributed by atoms with E-state index in [2.05, 4.69) is 10.3 Å². The molecule has 0 aliphatic carbocycles. The van der Waals surface area contributed by atoms with Crippen LogP contribution in [0.15, 0.2) is 24.4 Å². The lowest BCUT2D eigenvalue weighted by Gasteiger charge is -2.16. The van der Waals surface area contributed by atoms with Crippen LogP contribution in [-0.4, -0.2) is 50.4 Å². The number of esters is 1. The molecule has 28 heavy (non-hydrogen) atoms. The van der Waals surface area contributed by atoms with Gasteiger partial charge in [-0.25, -0.2) is 4.68 Å². The molecule has 148 valence electrons. The summed E-state index contributed by atoms with van der Waals surface area (Å²) in [5.41, 5.74) is 2.51. The summed E-state index contributed by atoms with van der Waals surface area (Å²) in [7, 11) is 0. The summed E-state index contributed by atoms with van der Waals surface area (Å²) < 4.78 is 6.46. The van der Waals surface area contributed by atoms with E-state index in [1.165, 1.54) is 24.7 Å². The fourth-order valence-electron chi connectivity index (χ4n) is 3.12. The number of anilines is 1. The van der Waals surface area contributed by atoms with Gasteiger partial charge in [0, 0.05) is 24.7 Å². The van der Waals surface area contributed by atoms with E-state index in [-0.39, 0.29) is 18.2 Å². The minimum absolute atomic E-state index is 0.0352. The van der Waals surface area contributed by atoms with E-state index in [1.54, 1.807) is 30.0 Å². The Bertz CT molecular complexity index is 921. The molecule has 0 radical (unpaired) electrons. The van der Waals surface area contributed by atoms with Crippen molar-refractivity contribution in [3.63, 3.8) is 0 Å². The first kappa shape index (κ1) is 19.7. The van der Waals surface area contributed by atoms with Crippen LogP contribution in [0.4, 0.5) is 5.69 Å². The van der Waals surface area contributed by atoms with Crippen molar-refractivity contribution in [2.24, 2.45) is 0 Å². The molecule has 1 aromatic carbocycles. The van der Waals surface area contributed by atoms with Gasteiger partial charge in [0.2, 0.25) is 11.7 Å². The average molecular weight is 386 g/mol. The van der Waals surface area contributed by atoms with Gasteiger partial charge in [-0.15, -0.1) is 5.10 Å². The number of rotatable bonds is 6. The van der Waals surface area contributed by atoms with Gasteiger partial charge in [0.25, 0.3) is 0 Å². The SMILES string of the molecule is CC(=O)N1CCc2cc(C(=O)[C@H](C)OC(=O)Cn3cc([C@H](C)O)nn3)ccc21. The van der Waals surface area contributed by atoms with Gasteiger partial charge in [-0.2, -0.15) is 0 Å². The summed E-state index contributed by atoms with van der Waals surface area (Å²) in [4.78, 5) is 38.0. The van der Waals surface area contributed by atoms with E-state index in [4.69, 9.17) is 4.74 Å². The highest BCUT2D eigenvalue weighted by atomic mass is 16.5. The zero-order valence-electron chi connectivity index (χ0n) is 16.0. The van der Waals surface area contributed by atoms with Crippen molar-refractivity contribution in [1.82, 2.24) is 15.0 Å². The number of hydrogen-bond donors (Lipinski definition) is 1. The number of aliphatic hydroxyl groups is 1. The van der Waals surface area contributed by atoms with Gasteiger partial charge in [-0.1, -0.05) is 5.21 Å². The summed E-state index contributed by atoms with van der Waals surface area (Å²) in [6, 6.07) is 5.13. The van der Waals surface area contributed by atoms with E-state index in [1.807, 2.05) is 0 Å². The standard InChI is InChI=1S/C19H22N4O5/c1-11(24)16-9-22(21-20-16)10-18(26)28-12(2)19(27)15-4-5-17-14(8-15)6-7-23(17)13(3)25/h4-5,8-9,11-12,24H,6-7,10H2,1-3H3/t11-,12-/m0/s1. The molecule has 0 fully saturated rings. The van der Waals surface area contributed by atoms with E-state index in [9.17, 15) is 19.5 Å². The number of aromatic nitrogens is 3. The van der Waals surface area contributed by atoms with E-state index < -0.39 is 18.2 Å². The van der Waals surface area contributed by atoms with Gasteiger partial charge in [0.1, 0.15) is 12.2 Å². The normalized spacial score (nSPS) is 15.1. The zero-order valence-corrected chi connectivity index (χ0v) is 16.0. The molecule has 1 aliphatic rings. The van der Waals surface area contributed by atoms with Crippen LogP contribution in [0.2, 0.25) is 0 Å². The molecule has 0 unspecified atom stereocenters. The second kappa shape index (κ2) is 7.89. The Morgan fingerprint density at radius 1 is 1.29 bits per heavy atom. The summed E-state index contributed by atoms with van der Waals surface area (Å²) in [6.45, 7) is 4.95. The van der Waals surface area contributed by atoms with Gasteiger partial charge in [0.05, 0.1) is 12.3 Å². The molecule has 0 saturated heterocycles. The van der Waals surface area contributed by atoms with Crippen LogP contribution in [0.1, 0.15) is 48.5 Å². The third kappa shape index (κ3) is 4.09. The number of carbonyl (C=O) groups excluding carboxylic acids is 3. The highest BCUT2D eigenvalue weighted by molar-refractivity contribution is 6.01. The van der Waals surface area contributed by atoms with Crippen molar-refractivity contribution >= 4 is 23.3 Å². The molecule has 1 amide bonds. The number of fused-ring (bicyclic) bond motifs is 1. The molecule has 1 aliphatic heterocycles. The van der Waals surface area contributed by atoms with Gasteiger partial charge in [-0.3, -0.25) is 14.4 Å². The van der Waals surface area contributed by atoms with E-state index >= 15 is 0 Å². The van der Waals surface area contributed by atoms with Crippen molar-refractivity contribution < 1.29 is 24.2 Å². The Kier molecular flexibility index (Phi) is 5.55. The Hall–Kier alpha value is -3.07. The predicted octanol–water partition coefficient (Wildman–Crippen LogP) is 1.05. The number of Topliss-reactive ketones (excluding diaryl/α,β-unsaturated/α-hetero) is 1. The molecule has 9 heteroatoms. The number of amides is 1. The van der Waals surface area contributed by atoms with Crippen molar-refractivity contribution in [2.75, 3.05) is 11.4 Å². The second-order valence-corrected chi connectivity index (χ2v) is 6.78. The first-order valence-corrected chi connectivity index (χ1v) is 8.99. The summed E-state index contributed by atoms with van der Waals surface area (Å²) in [5, 5.41) is 16.9. The molecule has 0 saturated carbocycles. The van der Waals surface area contributed by atoms with Crippen molar-refractivity contribution in [2.45, 2.75) is 45.9 Å². The molecule has 1 aromatic heterocycles. The van der Waals surface area contributed by atoms with Crippen LogP contribution < -0.4 is 4.90 Å². The second-order valence-electron chi connectivity index (χ2n) is 6.78. The maximum absolute atomic E-state index is 12.6. The first-order valence-electron chi connectivity index (χ1n) is 8.99. The molecule has 0 bridgehead atoms. The summed E-state index contributed by atoms with van der Waals surface area (Å²) in [6.07, 6.45) is 0.376. The average Bonchev–Trinajstić information content (AvgIpc) is 3.27. The number of ether oxygens (including phenoxy) is 1. The van der Waals surface area contributed by atoms with Crippen LogP contribution in [-0.2, 0) is 27.3 Å². The first-order chi connectivity index (χ1) is 13.3. The Labute approximate surface area is 161 Å². The largest absolute Gasteiger partial charge is 0.453 e. The quantitative estimate of drug-likeness (QED) is 0.583. The Morgan fingerprint density at radius 2 is 2.04 bits per heavy atom. The van der Waals surface area contributed by atoms with Crippen LogP contribution >= 0.6 is 0 Å². The van der Waals surface area contributed by atoms with E-state index in [0.29, 0.717) is 24.2 Å². The smallest absolute Gasteiger partial charge is 0.328 e. The molecule has 3 rings (SSSR count). The minimum atomic E-state index is -0.962. The maximum atomic E-state index is 12.6. The van der Waals surface area contributed by atoms with E-state index in [0.717, 1.165) is 11.3 Å². The fraction of sp³-hybridized carbons (Fsp3) is 0.421. The number of carbonyl (C=O) groups is 3. The zero-order chi connectivity index (χ0) is 20.4. The highest BCUT2D eigenvalue weighted by Crippen LogP contribution is 2.29. The third-order valence-electron chi connectivity index (χ3n) is 4.59. The molecule has 2 heterocycles. The third-order valence-corrected chi connectivity index (χ3v) is 4.59. The molecule has 2 atom stereocenters. The van der Waals surface area contributed by atoms with Crippen LogP contribution in [0.3, 0.4) is 0 Å². The Morgan fingerprint density at radius 3 is 2.68 bits per heavy atom. The summed E-state index contributed by atoms with van der Waals surface area (Å²) >= 11 is 0. The van der Waals surface area contributed by atoms with Crippen LogP contribution in [0.5, 0.6) is 0 Å². The monoisotopic (exact) mass is 386 g/mol. The molecule has 1 N–H and O–H groups in total. The number of ketones is 1. The van der Waals surface area contributed by atoms with Crippen LogP contribution in [0, 0.1) is 0 Å².